The van der Waals surface area contributed by atoms with Crippen molar-refractivity contribution in [2.24, 2.45) is 0 Å². The van der Waals surface area contributed by atoms with E-state index in [4.69, 9.17) is 4.74 Å². The lowest BCUT2D eigenvalue weighted by atomic mass is 9.79. The van der Waals surface area contributed by atoms with Gasteiger partial charge in [-0.05, 0) is 163 Å². The second-order valence-electron chi connectivity index (χ2n) is 25.4. The third kappa shape index (κ3) is 15.5. The molecule has 18 heteroatoms. The van der Waals surface area contributed by atoms with Crippen LogP contribution in [-0.4, -0.2) is 128 Å². The minimum atomic E-state index is -1.25. The Labute approximate surface area is 533 Å². The molecule has 0 saturated carbocycles. The van der Waals surface area contributed by atoms with Gasteiger partial charge >= 0.3 is 0 Å². The number of carbonyl (C=O) groups is 6. The molecule has 5 N–H and O–H groups in total. The van der Waals surface area contributed by atoms with Crippen molar-refractivity contribution in [1.82, 2.24) is 35.4 Å². The number of benzene rings is 4. The Balaban J connectivity index is 0.967. The lowest BCUT2D eigenvalue weighted by Crippen LogP contribution is -2.56. The summed E-state index contributed by atoms with van der Waals surface area (Å²) < 4.78 is 5.33. The summed E-state index contributed by atoms with van der Waals surface area (Å²) >= 11 is 0. The quantitative estimate of drug-likeness (QED) is 0.0358. The minimum Gasteiger partial charge on any atom is -0.497 e. The van der Waals surface area contributed by atoms with Crippen LogP contribution >= 0.6 is 0 Å². The molecule has 476 valence electrons. The van der Waals surface area contributed by atoms with Crippen molar-refractivity contribution in [2.45, 2.75) is 139 Å². The predicted octanol–water partition coefficient (Wildman–Crippen LogP) is 9.51. The molecule has 5 heterocycles. The fraction of sp³-hybridized carbons (Fsp3) is 0.370. The van der Waals surface area contributed by atoms with Crippen molar-refractivity contribution in [2.75, 3.05) is 43.2 Å². The van der Waals surface area contributed by atoms with E-state index < -0.39 is 71.9 Å². The number of hydrogen-bond donors (Lipinski definition) is 5. The van der Waals surface area contributed by atoms with E-state index in [-0.39, 0.29) is 30.3 Å². The fourth-order valence-electron chi connectivity index (χ4n) is 12.7. The molecule has 0 radical (unpaired) electrons. The van der Waals surface area contributed by atoms with Crippen LogP contribution in [0.25, 0.3) is 10.9 Å². The van der Waals surface area contributed by atoms with E-state index in [2.05, 4.69) is 85.5 Å². The van der Waals surface area contributed by atoms with Crippen LogP contribution in [0.2, 0.25) is 0 Å². The number of carbonyl (C=O) groups excluding carboxylic acids is 6. The molecular weight excluding hydrogens is 1150 g/mol. The van der Waals surface area contributed by atoms with Crippen molar-refractivity contribution < 1.29 is 43.7 Å². The van der Waals surface area contributed by atoms with Crippen LogP contribution in [-0.2, 0) is 58.9 Å². The monoisotopic (exact) mass is 1230 g/mol. The van der Waals surface area contributed by atoms with Gasteiger partial charge in [0.1, 0.15) is 29.9 Å². The zero-order valence-corrected chi connectivity index (χ0v) is 53.0. The number of aliphatic hydroxyl groups excluding tert-OH is 2. The summed E-state index contributed by atoms with van der Waals surface area (Å²) in [6.07, 6.45) is 15.4. The molecule has 4 aromatic carbocycles. The van der Waals surface area contributed by atoms with Crippen LogP contribution in [0.3, 0.4) is 0 Å². The van der Waals surface area contributed by atoms with Gasteiger partial charge < -0.3 is 40.4 Å². The molecule has 0 bridgehead atoms. The third-order valence-electron chi connectivity index (χ3n) is 17.6. The number of fused-ring (bicyclic) bond motifs is 1. The fourth-order valence-corrected chi connectivity index (χ4v) is 12.7. The second-order valence-corrected chi connectivity index (χ2v) is 25.4. The summed E-state index contributed by atoms with van der Waals surface area (Å²) in [5.41, 5.74) is 6.69. The number of hydrogen-bond acceptors (Lipinski definition) is 11. The molecule has 0 spiro atoms. The van der Waals surface area contributed by atoms with Crippen LogP contribution < -0.4 is 25.2 Å². The molecule has 2 aliphatic rings. The maximum Gasteiger partial charge on any atom is 0.250 e. The molecule has 7 aromatic rings. The van der Waals surface area contributed by atoms with Gasteiger partial charge in [-0.1, -0.05) is 108 Å². The lowest BCUT2D eigenvalue weighted by molar-refractivity contribution is -0.138. The Morgan fingerprint density at radius 2 is 1.13 bits per heavy atom. The Morgan fingerprint density at radius 1 is 0.648 bits per heavy atom. The van der Waals surface area contributed by atoms with Gasteiger partial charge in [-0.15, -0.1) is 0 Å². The molecule has 91 heavy (non-hydrogen) atoms. The van der Waals surface area contributed by atoms with E-state index in [1.54, 1.807) is 61.1 Å². The van der Waals surface area contributed by atoms with Gasteiger partial charge in [0.15, 0.2) is 0 Å². The molecule has 6 unspecified atom stereocenters. The Hall–Kier alpha value is -9.26. The highest BCUT2D eigenvalue weighted by Gasteiger charge is 2.43. The van der Waals surface area contributed by atoms with E-state index in [0.717, 1.165) is 51.6 Å². The zero-order valence-electron chi connectivity index (χ0n) is 53.0. The molecule has 6 amide bonds. The summed E-state index contributed by atoms with van der Waals surface area (Å²) in [5.74, 6) is -1.99. The summed E-state index contributed by atoms with van der Waals surface area (Å²) in [7, 11) is 1.58. The first-order valence-corrected chi connectivity index (χ1v) is 31.3. The van der Waals surface area contributed by atoms with Crippen LogP contribution in [0, 0.1) is 0 Å². The molecule has 2 saturated heterocycles. The van der Waals surface area contributed by atoms with Gasteiger partial charge in [0.25, 0.3) is 11.8 Å². The molecule has 2 aliphatic heterocycles. The zero-order chi connectivity index (χ0) is 65.0. The van der Waals surface area contributed by atoms with Gasteiger partial charge in [-0.3, -0.25) is 48.5 Å². The Bertz CT molecular complexity index is 3680. The van der Waals surface area contributed by atoms with Crippen molar-refractivity contribution in [3.63, 3.8) is 0 Å². The standard InChI is InChI=1S/C73H85N9O9/c1-9-64(85)79-37-13-11-19-62(79)70(89)81(57-28-24-53(25-29-57)72(3,4)5)67(51-18-16-36-75-44-51)69(88)78-56(47-84)41-52-45-76-61-40-49(23-34-60(52)61)42-73(6,7)54-26-30-58(31-27-54)82(71(90)63-20-12-14-38-80(63)65(86)10-2)66(50-17-15-35-74-43-50)68(87)77-55(46-83)39-48-21-32-59(91-8)33-22-48/h9-10,15-18,21-36,40,43-45,55-56,62-63,66-67,76,83-84H,1-2,11-14,19-20,37-39,41-42,46-47H2,3-8H3,(H,77,87)(H,78,88). The van der Waals surface area contributed by atoms with Gasteiger partial charge in [-0.25, -0.2) is 0 Å². The number of aromatic amines is 1. The number of aliphatic hydroxyl groups is 2. The number of pyridine rings is 2. The minimum absolute atomic E-state index is 0.194. The number of piperidine rings is 2. The van der Waals surface area contributed by atoms with Crippen molar-refractivity contribution in [3.05, 3.63) is 210 Å². The lowest BCUT2D eigenvalue weighted by Gasteiger charge is -2.40. The van der Waals surface area contributed by atoms with Crippen LogP contribution in [0.1, 0.15) is 124 Å². The number of rotatable bonds is 24. The van der Waals surface area contributed by atoms with Gasteiger partial charge in [0, 0.05) is 77.5 Å². The molecule has 2 fully saturated rings. The SMILES string of the molecule is C=CC(=O)N1CCCCC1C(=O)N(c1ccc(C(C)(C)Cc2ccc3c(CC(CO)NC(=O)C(c4cccnc4)N(C(=O)C4CCCCN4C(=O)C=C)c4ccc(C(C)(C)C)cc4)c[nH]c3c2)cc1)C(C(=O)NC(CO)Cc1ccc(OC)cc1)c1cccnc1. The van der Waals surface area contributed by atoms with E-state index in [9.17, 15) is 24.6 Å². The Morgan fingerprint density at radius 3 is 1.58 bits per heavy atom. The van der Waals surface area contributed by atoms with E-state index in [0.29, 0.717) is 79.9 Å². The molecule has 3 aromatic heterocycles. The van der Waals surface area contributed by atoms with Crippen LogP contribution in [0.15, 0.2) is 172 Å². The number of nitrogens with zero attached hydrogens (tertiary/aromatic N) is 6. The highest BCUT2D eigenvalue weighted by Crippen LogP contribution is 2.37. The number of nitrogens with one attached hydrogen (secondary N) is 3. The first-order valence-electron chi connectivity index (χ1n) is 31.3. The van der Waals surface area contributed by atoms with E-state index in [1.807, 2.05) is 85.1 Å². The van der Waals surface area contributed by atoms with Crippen LogP contribution in [0.5, 0.6) is 5.75 Å². The molecule has 9 rings (SSSR count). The maximum atomic E-state index is 15.4. The number of anilines is 2. The van der Waals surface area contributed by atoms with Gasteiger partial charge in [-0.2, -0.15) is 0 Å². The topological polar surface area (TPSA) is 231 Å². The normalized spacial score (nSPS) is 16.6. The second kappa shape index (κ2) is 29.6. The van der Waals surface area contributed by atoms with Gasteiger partial charge in [0.05, 0.1) is 32.4 Å². The largest absolute Gasteiger partial charge is 0.497 e. The summed E-state index contributed by atoms with van der Waals surface area (Å²) in [4.78, 5) is 105. The number of H-pyrrole nitrogens is 1. The average molecular weight is 1230 g/mol. The number of methoxy groups -OCH3 is 1. The number of amides is 6. The molecule has 6 atom stereocenters. The number of likely N-dealkylation sites (tertiary alicyclic amines) is 2. The molecule has 0 aliphatic carbocycles. The highest BCUT2D eigenvalue weighted by molar-refractivity contribution is 6.07. The summed E-state index contributed by atoms with van der Waals surface area (Å²) in [6, 6.07) is 29.9. The van der Waals surface area contributed by atoms with Crippen molar-refractivity contribution >= 4 is 57.7 Å². The first-order chi connectivity index (χ1) is 43.8. The number of ether oxygens (including phenoxy) is 1. The van der Waals surface area contributed by atoms with Crippen LogP contribution in [0.4, 0.5) is 11.4 Å². The molecule has 18 nitrogen and oxygen atoms in total. The smallest absolute Gasteiger partial charge is 0.250 e. The number of aromatic nitrogens is 3. The highest BCUT2D eigenvalue weighted by atomic mass is 16.5. The maximum absolute atomic E-state index is 15.4. The van der Waals surface area contributed by atoms with Crippen molar-refractivity contribution in [1.29, 1.82) is 0 Å². The van der Waals surface area contributed by atoms with Gasteiger partial charge in [0.2, 0.25) is 23.6 Å². The first kappa shape index (κ1) is 66.2. The summed E-state index contributed by atoms with van der Waals surface area (Å²) in [6.45, 7) is 17.9. The molecular formula is C73H85N9O9. The van der Waals surface area contributed by atoms with E-state index in [1.165, 1.54) is 26.9 Å². The summed E-state index contributed by atoms with van der Waals surface area (Å²) in [5, 5.41) is 28.7. The van der Waals surface area contributed by atoms with Crippen molar-refractivity contribution in [3.8, 4) is 5.75 Å². The average Bonchev–Trinajstić information content (AvgIpc) is 1.63. The predicted molar refractivity (Wildman–Crippen MR) is 353 cm³/mol. The van der Waals surface area contributed by atoms with E-state index >= 15 is 14.4 Å². The Kier molecular flexibility index (Phi) is 21.5. The third-order valence-corrected chi connectivity index (χ3v) is 17.6.